The van der Waals surface area contributed by atoms with Crippen LogP contribution in [0.2, 0.25) is 0 Å². The maximum atomic E-state index is 5.75. The molecule has 1 fully saturated rings. The maximum absolute atomic E-state index is 5.75. The summed E-state index contributed by atoms with van der Waals surface area (Å²) in [6, 6.07) is 7.78. The number of ether oxygens (including phenoxy) is 3. The minimum atomic E-state index is 0.741. The van der Waals surface area contributed by atoms with Crippen LogP contribution in [0, 0.1) is 0 Å². The number of rotatable bonds is 7. The lowest BCUT2D eigenvalue weighted by atomic mass is 10.3. The summed E-state index contributed by atoms with van der Waals surface area (Å²) in [6.45, 7) is 10.1. The van der Waals surface area contributed by atoms with Crippen molar-refractivity contribution in [1.29, 1.82) is 0 Å². The molecule has 0 atom stereocenters. The fourth-order valence-electron chi connectivity index (χ4n) is 2.18. The van der Waals surface area contributed by atoms with E-state index in [1.54, 1.807) is 7.11 Å². The van der Waals surface area contributed by atoms with Gasteiger partial charge in [0.05, 0.1) is 26.9 Å². The van der Waals surface area contributed by atoms with E-state index in [2.05, 4.69) is 18.2 Å². The summed E-state index contributed by atoms with van der Waals surface area (Å²) < 4.78 is 16.3. The zero-order valence-electron chi connectivity index (χ0n) is 14.1. The Balaban J connectivity index is 0.000000745. The molecule has 0 aliphatic carbocycles. The lowest BCUT2D eigenvalue weighted by Gasteiger charge is -2.26. The van der Waals surface area contributed by atoms with Gasteiger partial charge in [0.25, 0.3) is 0 Å². The van der Waals surface area contributed by atoms with Crippen LogP contribution in [0.4, 0.5) is 0 Å². The van der Waals surface area contributed by atoms with Gasteiger partial charge in [0.2, 0.25) is 0 Å². The average molecular weight is 327 g/mol. The van der Waals surface area contributed by atoms with Gasteiger partial charge >= 0.3 is 0 Å². The molecule has 126 valence electrons. The molecule has 0 radical (unpaired) electrons. The van der Waals surface area contributed by atoms with Gasteiger partial charge in [-0.1, -0.05) is 12.1 Å². The van der Waals surface area contributed by atoms with Crippen molar-refractivity contribution in [3.63, 3.8) is 0 Å². The van der Waals surface area contributed by atoms with E-state index in [9.17, 15) is 0 Å². The van der Waals surface area contributed by atoms with Crippen molar-refractivity contribution in [1.82, 2.24) is 4.90 Å². The number of morpholine rings is 1. The van der Waals surface area contributed by atoms with Crippen molar-refractivity contribution in [2.24, 2.45) is 0 Å². The smallest absolute Gasteiger partial charge is 0.161 e. The van der Waals surface area contributed by atoms with Gasteiger partial charge in [0.1, 0.15) is 0 Å². The number of nitrogens with zero attached hydrogens (tertiary/aromatic N) is 1. The second-order valence-corrected chi connectivity index (χ2v) is 6.16. The molecule has 0 bridgehead atoms. The van der Waals surface area contributed by atoms with E-state index in [1.165, 1.54) is 0 Å². The highest BCUT2D eigenvalue weighted by Gasteiger charge is 2.09. The summed E-state index contributed by atoms with van der Waals surface area (Å²) in [5, 5.41) is 0. The average Bonchev–Trinajstić information content (AvgIpc) is 2.56. The van der Waals surface area contributed by atoms with Gasteiger partial charge in [-0.25, -0.2) is 0 Å². The minimum absolute atomic E-state index is 0.741. The third-order valence-corrected chi connectivity index (χ3v) is 3.30. The Hall–Kier alpha value is -0.830. The Kier molecular flexibility index (Phi) is 11.1. The number of hydrogen-bond donors (Lipinski definition) is 0. The van der Waals surface area contributed by atoms with E-state index in [0.29, 0.717) is 0 Å². The van der Waals surface area contributed by atoms with Crippen LogP contribution in [0.1, 0.15) is 12.8 Å². The summed E-state index contributed by atoms with van der Waals surface area (Å²) in [6.07, 6.45) is 2.23. The largest absolute Gasteiger partial charge is 0.493 e. The van der Waals surface area contributed by atoms with Gasteiger partial charge < -0.3 is 14.2 Å². The molecule has 1 heterocycles. The molecule has 0 spiro atoms. The fourth-order valence-corrected chi connectivity index (χ4v) is 2.18. The van der Waals surface area contributed by atoms with Gasteiger partial charge in [0.15, 0.2) is 11.5 Å². The number of methoxy groups -OCH3 is 1. The molecule has 2 rings (SSSR count). The van der Waals surface area contributed by atoms with Crippen molar-refractivity contribution in [2.75, 3.05) is 59.9 Å². The Morgan fingerprint density at radius 3 is 2.36 bits per heavy atom. The van der Waals surface area contributed by atoms with E-state index >= 15 is 0 Å². The maximum Gasteiger partial charge on any atom is 0.161 e. The molecule has 22 heavy (non-hydrogen) atoms. The highest BCUT2D eigenvalue weighted by molar-refractivity contribution is 7.35. The molecule has 0 amide bonds. The van der Waals surface area contributed by atoms with Crippen LogP contribution in [0.5, 0.6) is 11.5 Å². The second-order valence-electron chi connectivity index (χ2n) is 5.16. The molecule has 0 N–H and O–H groups in total. The topological polar surface area (TPSA) is 30.9 Å². The van der Waals surface area contributed by atoms with Crippen LogP contribution in [0.15, 0.2) is 24.3 Å². The Morgan fingerprint density at radius 1 is 1.09 bits per heavy atom. The van der Waals surface area contributed by atoms with Crippen LogP contribution in [-0.4, -0.2) is 64.8 Å². The van der Waals surface area contributed by atoms with Gasteiger partial charge in [-0.05, 0) is 44.8 Å². The summed E-state index contributed by atoms with van der Waals surface area (Å²) in [5.74, 6) is 1.63. The number of benzene rings is 1. The Bertz CT molecular complexity index is 384. The normalized spacial score (nSPS) is 14.9. The Labute approximate surface area is 136 Å². The molecule has 4 nitrogen and oxygen atoms in total. The van der Waals surface area contributed by atoms with Gasteiger partial charge in [0, 0.05) is 13.1 Å². The first-order valence-electron chi connectivity index (χ1n) is 7.96. The van der Waals surface area contributed by atoms with Gasteiger partial charge in [-0.3, -0.25) is 4.90 Å². The first-order valence-corrected chi connectivity index (χ1v) is 9.96. The molecule has 1 aliphatic heterocycles. The quantitative estimate of drug-likeness (QED) is 0.569. The Morgan fingerprint density at radius 2 is 1.73 bits per heavy atom. The summed E-state index contributed by atoms with van der Waals surface area (Å²) >= 11 is 0. The summed E-state index contributed by atoms with van der Waals surface area (Å²) in [4.78, 5) is 2.45. The third kappa shape index (κ3) is 7.98. The number of hydrogen-bond acceptors (Lipinski definition) is 4. The predicted octanol–water partition coefficient (Wildman–Crippen LogP) is 3.11. The van der Waals surface area contributed by atoms with Gasteiger partial charge in [-0.15, -0.1) is 8.58 Å². The first kappa shape index (κ1) is 19.2. The molecule has 1 aromatic rings. The zero-order chi connectivity index (χ0) is 16.0. The molecule has 1 saturated heterocycles. The molecule has 1 aliphatic rings. The van der Waals surface area contributed by atoms with Gasteiger partial charge in [-0.2, -0.15) is 0 Å². The van der Waals surface area contributed by atoms with E-state index in [-0.39, 0.29) is 0 Å². The zero-order valence-corrected chi connectivity index (χ0v) is 15.1. The monoisotopic (exact) mass is 327 g/mol. The van der Waals surface area contributed by atoms with Crippen molar-refractivity contribution >= 4 is 8.58 Å². The molecular formula is C17H30NO3P. The highest BCUT2D eigenvalue weighted by atomic mass is 31.1. The van der Waals surface area contributed by atoms with E-state index in [0.717, 1.165) is 72.4 Å². The summed E-state index contributed by atoms with van der Waals surface area (Å²) in [7, 11) is 2.75. The molecular weight excluding hydrogens is 297 g/mol. The molecule has 0 saturated carbocycles. The highest BCUT2D eigenvalue weighted by Crippen LogP contribution is 2.25. The van der Waals surface area contributed by atoms with E-state index in [1.807, 2.05) is 24.3 Å². The van der Waals surface area contributed by atoms with Crippen LogP contribution in [0.25, 0.3) is 0 Å². The minimum Gasteiger partial charge on any atom is -0.493 e. The van der Waals surface area contributed by atoms with E-state index < -0.39 is 0 Å². The number of unbranched alkanes of at least 4 members (excludes halogenated alkanes) is 1. The molecule has 5 heteroatoms. The second kappa shape index (κ2) is 12.7. The van der Waals surface area contributed by atoms with Crippen molar-refractivity contribution in [3.8, 4) is 11.5 Å². The van der Waals surface area contributed by atoms with Crippen LogP contribution in [0.3, 0.4) is 0 Å². The van der Waals surface area contributed by atoms with Crippen molar-refractivity contribution in [3.05, 3.63) is 24.3 Å². The SMILES string of the molecule is COc1ccccc1OCCCCN1CCOCC1.CPC. The van der Waals surface area contributed by atoms with Crippen LogP contribution >= 0.6 is 8.58 Å². The molecule has 0 unspecified atom stereocenters. The fraction of sp³-hybridized carbons (Fsp3) is 0.647. The van der Waals surface area contributed by atoms with E-state index in [4.69, 9.17) is 14.2 Å². The lowest BCUT2D eigenvalue weighted by molar-refractivity contribution is 0.0368. The predicted molar refractivity (Wildman–Crippen MR) is 95.1 cm³/mol. The summed E-state index contributed by atoms with van der Waals surface area (Å²) in [5.41, 5.74) is 0. The van der Waals surface area contributed by atoms with Crippen LogP contribution in [-0.2, 0) is 4.74 Å². The van der Waals surface area contributed by atoms with Crippen molar-refractivity contribution < 1.29 is 14.2 Å². The molecule has 0 aromatic heterocycles. The number of para-hydroxylation sites is 2. The molecule has 1 aromatic carbocycles. The standard InChI is InChI=1S/C15H23NO3.C2H7P/c1-17-14-6-2-3-7-15(14)19-11-5-4-8-16-9-12-18-13-10-16;1-3-2/h2-3,6-7H,4-5,8-13H2,1H3;3H,1-2H3. The van der Waals surface area contributed by atoms with Crippen LogP contribution < -0.4 is 9.47 Å². The van der Waals surface area contributed by atoms with Crippen molar-refractivity contribution in [2.45, 2.75) is 12.8 Å². The third-order valence-electron chi connectivity index (χ3n) is 3.30. The lowest BCUT2D eigenvalue weighted by Crippen LogP contribution is -2.36. The first-order chi connectivity index (χ1) is 10.8.